The van der Waals surface area contributed by atoms with Gasteiger partial charge in [-0.2, -0.15) is 11.8 Å². The molecule has 2 N–H and O–H groups in total. The fraction of sp³-hybridized carbons (Fsp3) is 0.500. The monoisotopic (exact) mass is 443 g/mol. The molecule has 1 aliphatic heterocycles. The number of nitrogens with zero attached hydrogens (tertiary/aromatic N) is 2. The summed E-state index contributed by atoms with van der Waals surface area (Å²) in [5, 5.41) is 0. The van der Waals surface area contributed by atoms with Crippen LogP contribution in [0, 0.1) is 17.5 Å². The van der Waals surface area contributed by atoms with E-state index in [0.29, 0.717) is 17.9 Å². The Morgan fingerprint density at radius 2 is 1.77 bits per heavy atom. The fourth-order valence-electron chi connectivity index (χ4n) is 2.52. The van der Waals surface area contributed by atoms with Gasteiger partial charge in [-0.15, -0.1) is 24.0 Å². The molecule has 1 aromatic rings. The number of nitrogens with two attached hydrogens (primary N) is 1. The smallest absolute Gasteiger partial charge is 0.194 e. The molecule has 22 heavy (non-hydrogen) atoms. The van der Waals surface area contributed by atoms with E-state index in [1.165, 1.54) is 0 Å². The molecule has 2 fully saturated rings. The Morgan fingerprint density at radius 1 is 1.18 bits per heavy atom. The average molecular weight is 443 g/mol. The highest BCUT2D eigenvalue weighted by atomic mass is 127. The summed E-state index contributed by atoms with van der Waals surface area (Å²) in [6.07, 6.45) is 0.688. The van der Waals surface area contributed by atoms with Crippen molar-refractivity contribution in [3.63, 3.8) is 0 Å². The molecule has 8 heteroatoms. The second-order valence-corrected chi connectivity index (χ2v) is 6.52. The van der Waals surface area contributed by atoms with Crippen LogP contribution in [0.1, 0.15) is 17.9 Å². The van der Waals surface area contributed by atoms with Crippen LogP contribution in [0.5, 0.6) is 0 Å². The normalized spacial score (nSPS) is 24.9. The number of guanidine groups is 1. The fourth-order valence-corrected chi connectivity index (χ4v) is 3.42. The molecule has 0 aromatic heterocycles. The molecular formula is C14H17F3IN3S. The number of aliphatic imine (C=N–C) groups is 1. The van der Waals surface area contributed by atoms with Crippen LogP contribution in [0.2, 0.25) is 0 Å². The van der Waals surface area contributed by atoms with Crippen molar-refractivity contribution in [2.75, 3.05) is 24.6 Å². The van der Waals surface area contributed by atoms with E-state index in [1.807, 2.05) is 16.7 Å². The van der Waals surface area contributed by atoms with Gasteiger partial charge in [-0.1, -0.05) is 0 Å². The molecule has 122 valence electrons. The highest BCUT2D eigenvalue weighted by Crippen LogP contribution is 2.44. The van der Waals surface area contributed by atoms with Crippen LogP contribution in [0.25, 0.3) is 0 Å². The van der Waals surface area contributed by atoms with Gasteiger partial charge in [0.15, 0.2) is 23.4 Å². The molecule has 2 atom stereocenters. The van der Waals surface area contributed by atoms with Crippen LogP contribution in [-0.2, 0) is 0 Å². The quantitative estimate of drug-likeness (QED) is 0.331. The summed E-state index contributed by atoms with van der Waals surface area (Å²) in [5.41, 5.74) is 6.42. The molecule has 0 amide bonds. The minimum absolute atomic E-state index is 0. The zero-order valence-electron chi connectivity index (χ0n) is 11.8. The zero-order valence-corrected chi connectivity index (χ0v) is 14.9. The molecule has 0 spiro atoms. The Hall–Kier alpha value is -0.640. The van der Waals surface area contributed by atoms with Crippen molar-refractivity contribution < 1.29 is 13.2 Å². The van der Waals surface area contributed by atoms with Gasteiger partial charge >= 0.3 is 0 Å². The third-order valence-corrected chi connectivity index (χ3v) is 4.77. The van der Waals surface area contributed by atoms with Gasteiger partial charge in [0.25, 0.3) is 0 Å². The number of thioether (sulfide) groups is 1. The predicted octanol–water partition coefficient (Wildman–Crippen LogP) is 2.94. The summed E-state index contributed by atoms with van der Waals surface area (Å²) in [5.74, 6) is -1.26. The van der Waals surface area contributed by atoms with Crippen LogP contribution in [0.3, 0.4) is 0 Å². The lowest BCUT2D eigenvalue weighted by molar-refractivity contribution is 0.445. The van der Waals surface area contributed by atoms with Gasteiger partial charge in [-0.25, -0.2) is 18.2 Å². The molecule has 1 aromatic carbocycles. The van der Waals surface area contributed by atoms with Crippen molar-refractivity contribution in [3.05, 3.63) is 35.1 Å². The van der Waals surface area contributed by atoms with Crippen LogP contribution < -0.4 is 5.73 Å². The first-order valence-electron chi connectivity index (χ1n) is 6.86. The highest BCUT2D eigenvalue weighted by molar-refractivity contribution is 14.0. The van der Waals surface area contributed by atoms with Crippen molar-refractivity contribution in [1.29, 1.82) is 0 Å². The summed E-state index contributed by atoms with van der Waals surface area (Å²) in [4.78, 5) is 6.45. The van der Waals surface area contributed by atoms with Crippen LogP contribution >= 0.6 is 35.7 Å². The van der Waals surface area contributed by atoms with E-state index in [0.717, 1.165) is 36.7 Å². The second-order valence-electron chi connectivity index (χ2n) is 5.29. The molecule has 1 aliphatic carbocycles. The van der Waals surface area contributed by atoms with E-state index < -0.39 is 17.5 Å². The van der Waals surface area contributed by atoms with E-state index in [1.54, 1.807) is 0 Å². The summed E-state index contributed by atoms with van der Waals surface area (Å²) in [6, 6.07) is 2.03. The molecular weight excluding hydrogens is 426 g/mol. The maximum Gasteiger partial charge on any atom is 0.194 e. The summed E-state index contributed by atoms with van der Waals surface area (Å²) < 4.78 is 39.4. The Morgan fingerprint density at radius 3 is 2.36 bits per heavy atom. The van der Waals surface area contributed by atoms with E-state index in [2.05, 4.69) is 4.99 Å². The lowest BCUT2D eigenvalue weighted by Gasteiger charge is -2.27. The molecule has 2 aliphatic rings. The lowest BCUT2D eigenvalue weighted by Crippen LogP contribution is -2.42. The maximum atomic E-state index is 13.2. The minimum Gasteiger partial charge on any atom is -0.370 e. The Bertz CT molecular complexity index is 555. The van der Waals surface area contributed by atoms with E-state index in [-0.39, 0.29) is 35.9 Å². The summed E-state index contributed by atoms with van der Waals surface area (Å²) >= 11 is 1.88. The number of halogens is 4. The Labute approximate surface area is 148 Å². The Balaban J connectivity index is 0.00000176. The third kappa shape index (κ3) is 3.81. The van der Waals surface area contributed by atoms with Crippen molar-refractivity contribution >= 4 is 41.7 Å². The van der Waals surface area contributed by atoms with Gasteiger partial charge in [-0.05, 0) is 24.1 Å². The molecule has 0 unspecified atom stereocenters. The molecule has 0 bridgehead atoms. The molecule has 1 heterocycles. The van der Waals surface area contributed by atoms with E-state index in [4.69, 9.17) is 5.73 Å². The number of hydrogen-bond donors (Lipinski definition) is 1. The molecule has 1 saturated heterocycles. The van der Waals surface area contributed by atoms with Gasteiger partial charge in [0, 0.05) is 30.5 Å². The first-order valence-corrected chi connectivity index (χ1v) is 8.02. The predicted molar refractivity (Wildman–Crippen MR) is 93.4 cm³/mol. The van der Waals surface area contributed by atoms with Crippen LogP contribution in [0.15, 0.2) is 17.1 Å². The molecule has 0 radical (unpaired) electrons. The van der Waals surface area contributed by atoms with E-state index >= 15 is 0 Å². The van der Waals surface area contributed by atoms with Gasteiger partial charge in [0.1, 0.15) is 0 Å². The largest absolute Gasteiger partial charge is 0.370 e. The standard InChI is InChI=1S/C14H16F3N3S.HI/c15-10-5-8(6-11(16)13(10)17)9-7-12(9)19-14(18)20-1-3-21-4-2-20;/h5-6,9,12H,1-4,7H2,(H2,18,19);1H/t9-,12+;/m0./s1. The highest BCUT2D eigenvalue weighted by Gasteiger charge is 2.39. The Kier molecular flexibility index (Phi) is 5.87. The molecule has 3 nitrogen and oxygen atoms in total. The van der Waals surface area contributed by atoms with Crippen molar-refractivity contribution in [2.24, 2.45) is 10.7 Å². The van der Waals surface area contributed by atoms with Crippen molar-refractivity contribution in [1.82, 2.24) is 4.90 Å². The maximum absolute atomic E-state index is 13.2. The summed E-state index contributed by atoms with van der Waals surface area (Å²) in [7, 11) is 0. The van der Waals surface area contributed by atoms with Gasteiger partial charge in [-0.3, -0.25) is 0 Å². The SMILES string of the molecule is I.NC(=N[C@@H]1C[C@H]1c1cc(F)c(F)c(F)c1)N1CCSCC1. The van der Waals surface area contributed by atoms with Gasteiger partial charge in [0.2, 0.25) is 0 Å². The summed E-state index contributed by atoms with van der Waals surface area (Å²) in [6.45, 7) is 1.74. The van der Waals surface area contributed by atoms with Gasteiger partial charge < -0.3 is 10.6 Å². The number of rotatable bonds is 2. The van der Waals surface area contributed by atoms with Crippen molar-refractivity contribution in [2.45, 2.75) is 18.4 Å². The average Bonchev–Trinajstić information content (AvgIpc) is 3.24. The van der Waals surface area contributed by atoms with E-state index in [9.17, 15) is 13.2 Å². The number of hydrogen-bond acceptors (Lipinski definition) is 2. The first kappa shape index (κ1) is 17.7. The first-order chi connectivity index (χ1) is 10.1. The van der Waals surface area contributed by atoms with Crippen molar-refractivity contribution in [3.8, 4) is 0 Å². The third-order valence-electron chi connectivity index (χ3n) is 3.82. The van der Waals surface area contributed by atoms with Crippen LogP contribution in [-0.4, -0.2) is 41.5 Å². The van der Waals surface area contributed by atoms with Crippen LogP contribution in [0.4, 0.5) is 13.2 Å². The lowest BCUT2D eigenvalue weighted by atomic mass is 10.1. The molecule has 1 saturated carbocycles. The van der Waals surface area contributed by atoms with Gasteiger partial charge in [0.05, 0.1) is 6.04 Å². The second kappa shape index (κ2) is 7.29. The zero-order chi connectivity index (χ0) is 15.0. The number of benzene rings is 1. The molecule has 3 rings (SSSR count). The minimum atomic E-state index is -1.43. The topological polar surface area (TPSA) is 41.6 Å².